The topological polar surface area (TPSA) is 54.5 Å². The molecule has 7 heteroatoms. The van der Waals surface area contributed by atoms with Gasteiger partial charge >= 0.3 is 0 Å². The molecule has 0 spiro atoms. The van der Waals surface area contributed by atoms with Gasteiger partial charge in [-0.25, -0.2) is 12.8 Å². The number of benzene rings is 2. The third kappa shape index (κ3) is 4.76. The predicted molar refractivity (Wildman–Crippen MR) is 106 cm³/mol. The molecule has 2 aromatic rings. The summed E-state index contributed by atoms with van der Waals surface area (Å²) >= 11 is 3.48. The first-order chi connectivity index (χ1) is 12.9. The maximum Gasteiger partial charge on any atom is 0.222 e. The molecule has 27 heavy (non-hydrogen) atoms. The molecule has 1 fully saturated rings. The highest BCUT2D eigenvalue weighted by atomic mass is 79.9. The molecule has 0 atom stereocenters. The van der Waals surface area contributed by atoms with Crippen LogP contribution < -0.4 is 0 Å². The summed E-state index contributed by atoms with van der Waals surface area (Å²) < 4.78 is 39.4. The van der Waals surface area contributed by atoms with E-state index in [0.29, 0.717) is 38.8 Å². The number of likely N-dealkylation sites (tertiary alicyclic amines) is 1. The minimum atomic E-state index is -3.50. The summed E-state index contributed by atoms with van der Waals surface area (Å²) in [5.41, 5.74) is 1.08. The van der Waals surface area contributed by atoms with Crippen molar-refractivity contribution in [1.29, 1.82) is 0 Å². The van der Waals surface area contributed by atoms with Crippen LogP contribution in [0.1, 0.15) is 24.8 Å². The lowest BCUT2D eigenvalue weighted by Crippen LogP contribution is -2.42. The van der Waals surface area contributed by atoms with E-state index in [9.17, 15) is 17.6 Å². The quantitative estimate of drug-likeness (QED) is 0.643. The van der Waals surface area contributed by atoms with Gasteiger partial charge in [-0.3, -0.25) is 4.79 Å². The summed E-state index contributed by atoms with van der Waals surface area (Å²) in [6, 6.07) is 12.7. The molecule has 0 N–H and O–H groups in total. The summed E-state index contributed by atoms with van der Waals surface area (Å²) in [5, 5.41) is -0.532. The molecule has 0 radical (unpaired) electrons. The Balaban J connectivity index is 1.56. The second-order valence-corrected chi connectivity index (χ2v) is 9.75. The maximum atomic E-state index is 13.0. The van der Waals surface area contributed by atoms with Gasteiger partial charge in [0.2, 0.25) is 5.91 Å². The van der Waals surface area contributed by atoms with Crippen LogP contribution in [0.15, 0.2) is 57.9 Å². The van der Waals surface area contributed by atoms with E-state index >= 15 is 0 Å². The number of aryl methyl sites for hydroxylation is 1. The number of piperidine rings is 1. The molecule has 1 aliphatic heterocycles. The van der Waals surface area contributed by atoms with E-state index in [4.69, 9.17) is 0 Å². The summed E-state index contributed by atoms with van der Waals surface area (Å²) in [7, 11) is -3.50. The Kier molecular flexibility index (Phi) is 6.32. The fourth-order valence-corrected chi connectivity index (χ4v) is 5.55. The molecule has 0 bridgehead atoms. The van der Waals surface area contributed by atoms with Crippen molar-refractivity contribution in [2.24, 2.45) is 0 Å². The molecule has 3 rings (SSSR count). The largest absolute Gasteiger partial charge is 0.343 e. The van der Waals surface area contributed by atoms with Crippen LogP contribution in [0.2, 0.25) is 0 Å². The number of carbonyl (C=O) groups excluding carboxylic acids is 1. The minimum absolute atomic E-state index is 0.0448. The van der Waals surface area contributed by atoms with Crippen molar-refractivity contribution in [1.82, 2.24) is 4.90 Å². The second kappa shape index (κ2) is 8.52. The van der Waals surface area contributed by atoms with Gasteiger partial charge in [0.25, 0.3) is 0 Å². The number of carbonyl (C=O) groups is 1. The maximum absolute atomic E-state index is 13.0. The van der Waals surface area contributed by atoms with Gasteiger partial charge in [-0.2, -0.15) is 0 Å². The van der Waals surface area contributed by atoms with Gasteiger partial charge in [0.1, 0.15) is 5.82 Å². The first-order valence-corrected chi connectivity index (χ1v) is 11.2. The number of rotatable bonds is 5. The van der Waals surface area contributed by atoms with E-state index in [-0.39, 0.29) is 10.8 Å². The van der Waals surface area contributed by atoms with Crippen LogP contribution in [0, 0.1) is 5.82 Å². The van der Waals surface area contributed by atoms with Crippen LogP contribution in [0.5, 0.6) is 0 Å². The van der Waals surface area contributed by atoms with Crippen molar-refractivity contribution < 1.29 is 17.6 Å². The molecule has 1 saturated heterocycles. The van der Waals surface area contributed by atoms with E-state index in [1.165, 1.54) is 12.1 Å². The van der Waals surface area contributed by atoms with Crippen molar-refractivity contribution in [2.75, 3.05) is 13.1 Å². The average Bonchev–Trinajstić information content (AvgIpc) is 2.67. The van der Waals surface area contributed by atoms with Crippen LogP contribution in [-0.2, 0) is 21.1 Å². The summed E-state index contributed by atoms with van der Waals surface area (Å²) in [6.07, 6.45) is 1.85. The first kappa shape index (κ1) is 20.0. The Morgan fingerprint density at radius 1 is 1.07 bits per heavy atom. The monoisotopic (exact) mass is 453 g/mol. The van der Waals surface area contributed by atoms with Crippen LogP contribution in [-0.4, -0.2) is 37.6 Å². The van der Waals surface area contributed by atoms with Gasteiger partial charge in [-0.15, -0.1) is 0 Å². The predicted octanol–water partition coefficient (Wildman–Crippen LogP) is 3.99. The third-order valence-electron chi connectivity index (χ3n) is 4.94. The number of sulfone groups is 1. The van der Waals surface area contributed by atoms with Crippen LogP contribution >= 0.6 is 15.9 Å². The summed E-state index contributed by atoms with van der Waals surface area (Å²) in [6.45, 7) is 0.861. The number of amides is 1. The highest BCUT2D eigenvalue weighted by Gasteiger charge is 2.32. The lowest BCUT2D eigenvalue weighted by atomic mass is 10.1. The van der Waals surface area contributed by atoms with Crippen molar-refractivity contribution in [3.8, 4) is 0 Å². The van der Waals surface area contributed by atoms with E-state index in [2.05, 4.69) is 15.9 Å². The van der Waals surface area contributed by atoms with Crippen LogP contribution in [0.25, 0.3) is 0 Å². The van der Waals surface area contributed by atoms with Crippen molar-refractivity contribution in [3.05, 3.63) is 64.4 Å². The molecular weight excluding hydrogens is 433 g/mol. The SMILES string of the molecule is O=C(CCc1ccccc1Br)N1CCC(S(=O)(=O)c2ccc(F)cc2)CC1. The number of halogens is 2. The highest BCUT2D eigenvalue weighted by Crippen LogP contribution is 2.25. The molecule has 1 aliphatic rings. The van der Waals surface area contributed by atoms with Gasteiger partial charge in [-0.05, 0) is 55.2 Å². The standard InChI is InChI=1S/C20H21BrFNO3S/c21-19-4-2-1-3-15(19)5-10-20(24)23-13-11-18(12-14-23)27(25,26)17-8-6-16(22)7-9-17/h1-4,6-9,18H,5,10-14H2. The Hall–Kier alpha value is -1.73. The molecule has 1 amide bonds. The fourth-order valence-electron chi connectivity index (χ4n) is 3.33. The van der Waals surface area contributed by atoms with Crippen LogP contribution in [0.4, 0.5) is 4.39 Å². The van der Waals surface area contributed by atoms with Gasteiger partial charge in [-0.1, -0.05) is 34.1 Å². The highest BCUT2D eigenvalue weighted by molar-refractivity contribution is 9.10. The van der Waals surface area contributed by atoms with Gasteiger partial charge in [0.05, 0.1) is 10.1 Å². The fraction of sp³-hybridized carbons (Fsp3) is 0.350. The molecule has 144 valence electrons. The molecule has 1 heterocycles. The molecule has 2 aromatic carbocycles. The Morgan fingerprint density at radius 3 is 2.33 bits per heavy atom. The number of hydrogen-bond donors (Lipinski definition) is 0. The Bertz CT molecular complexity index is 907. The molecule has 0 saturated carbocycles. The van der Waals surface area contributed by atoms with Gasteiger partial charge in [0, 0.05) is 24.0 Å². The van der Waals surface area contributed by atoms with Crippen molar-refractivity contribution in [3.63, 3.8) is 0 Å². The molecule has 0 aliphatic carbocycles. The molecular formula is C20H21BrFNO3S. The zero-order valence-corrected chi connectivity index (χ0v) is 17.2. The molecule has 4 nitrogen and oxygen atoms in total. The van der Waals surface area contributed by atoms with Crippen molar-refractivity contribution in [2.45, 2.75) is 35.8 Å². The first-order valence-electron chi connectivity index (χ1n) is 8.88. The normalized spacial score (nSPS) is 15.7. The lowest BCUT2D eigenvalue weighted by molar-refractivity contribution is -0.132. The number of hydrogen-bond acceptors (Lipinski definition) is 3. The van der Waals surface area contributed by atoms with Crippen LogP contribution in [0.3, 0.4) is 0 Å². The molecule has 0 aromatic heterocycles. The molecule has 0 unspecified atom stereocenters. The van der Waals surface area contributed by atoms with Crippen molar-refractivity contribution >= 4 is 31.7 Å². The summed E-state index contributed by atoms with van der Waals surface area (Å²) in [4.78, 5) is 14.4. The second-order valence-electron chi connectivity index (χ2n) is 6.67. The smallest absolute Gasteiger partial charge is 0.222 e. The van der Waals surface area contributed by atoms with Gasteiger partial charge < -0.3 is 4.90 Å². The number of nitrogens with zero attached hydrogens (tertiary/aromatic N) is 1. The van der Waals surface area contributed by atoms with E-state index in [1.807, 2.05) is 24.3 Å². The average molecular weight is 454 g/mol. The summed E-state index contributed by atoms with van der Waals surface area (Å²) in [5.74, 6) is -0.414. The third-order valence-corrected chi connectivity index (χ3v) is 7.99. The zero-order chi connectivity index (χ0) is 19.4. The minimum Gasteiger partial charge on any atom is -0.343 e. The van der Waals surface area contributed by atoms with E-state index in [1.54, 1.807) is 4.90 Å². The zero-order valence-electron chi connectivity index (χ0n) is 14.8. The van der Waals surface area contributed by atoms with E-state index < -0.39 is 20.9 Å². The lowest BCUT2D eigenvalue weighted by Gasteiger charge is -2.32. The Labute approximate surface area is 167 Å². The van der Waals surface area contributed by atoms with E-state index in [0.717, 1.165) is 22.2 Å². The Morgan fingerprint density at radius 2 is 1.70 bits per heavy atom. The van der Waals surface area contributed by atoms with Gasteiger partial charge in [0.15, 0.2) is 9.84 Å².